The topological polar surface area (TPSA) is 24.9 Å². The van der Waals surface area contributed by atoms with Gasteiger partial charge in [0, 0.05) is 11.6 Å². The lowest BCUT2D eigenvalue weighted by molar-refractivity contribution is 0.633. The second-order valence-corrected chi connectivity index (χ2v) is 5.28. The smallest absolute Gasteiger partial charge is 0.0705 e. The van der Waals surface area contributed by atoms with Gasteiger partial charge in [0.1, 0.15) is 0 Å². The highest BCUT2D eigenvalue weighted by molar-refractivity contribution is 7.08. The van der Waals surface area contributed by atoms with Crippen LogP contribution in [-0.2, 0) is 0 Å². The van der Waals surface area contributed by atoms with E-state index in [9.17, 15) is 0 Å². The first kappa shape index (κ1) is 12.3. The molecule has 0 radical (unpaired) electrons. The number of nitrogens with zero attached hydrogens (tertiary/aromatic N) is 1. The lowest BCUT2D eigenvalue weighted by Gasteiger charge is -2.17. The van der Waals surface area contributed by atoms with E-state index in [4.69, 9.17) is 0 Å². The molecular formula is C16H16N2S. The van der Waals surface area contributed by atoms with E-state index in [2.05, 4.69) is 58.3 Å². The lowest BCUT2D eigenvalue weighted by atomic mass is 10.00. The Balaban J connectivity index is 2.05. The Labute approximate surface area is 117 Å². The van der Waals surface area contributed by atoms with Crippen molar-refractivity contribution in [2.24, 2.45) is 0 Å². The molecule has 2 aromatic heterocycles. The van der Waals surface area contributed by atoms with Crippen molar-refractivity contribution in [1.82, 2.24) is 10.3 Å². The lowest BCUT2D eigenvalue weighted by Crippen LogP contribution is -2.21. The highest BCUT2D eigenvalue weighted by atomic mass is 32.1. The van der Waals surface area contributed by atoms with Gasteiger partial charge >= 0.3 is 0 Å². The Morgan fingerprint density at radius 1 is 1.21 bits per heavy atom. The van der Waals surface area contributed by atoms with Gasteiger partial charge in [0.15, 0.2) is 0 Å². The predicted octanol–water partition coefficient (Wildman–Crippen LogP) is 4.00. The number of pyridine rings is 1. The van der Waals surface area contributed by atoms with E-state index in [0.29, 0.717) is 0 Å². The third kappa shape index (κ3) is 2.53. The molecule has 0 saturated heterocycles. The fourth-order valence-electron chi connectivity index (χ4n) is 2.33. The molecule has 0 amide bonds. The first-order valence-corrected chi connectivity index (χ1v) is 7.43. The maximum absolute atomic E-state index is 4.44. The van der Waals surface area contributed by atoms with Gasteiger partial charge in [0.05, 0.1) is 11.6 Å². The molecule has 0 bridgehead atoms. The monoisotopic (exact) mass is 268 g/mol. The largest absolute Gasteiger partial charge is 0.307 e. The summed E-state index contributed by atoms with van der Waals surface area (Å²) in [5, 5.41) is 9.06. The first-order valence-electron chi connectivity index (χ1n) is 6.48. The molecular weight excluding hydrogens is 252 g/mol. The molecule has 2 heterocycles. The maximum Gasteiger partial charge on any atom is 0.0705 e. The molecule has 19 heavy (non-hydrogen) atoms. The van der Waals surface area contributed by atoms with Crippen molar-refractivity contribution in [2.75, 3.05) is 6.54 Å². The molecule has 96 valence electrons. The molecule has 0 aliphatic carbocycles. The average molecular weight is 268 g/mol. The molecule has 3 heteroatoms. The number of rotatable bonds is 4. The SMILES string of the molecule is CCNC(c1ccsc1)c1ccc2cccnc2c1. The highest BCUT2D eigenvalue weighted by Gasteiger charge is 2.13. The van der Waals surface area contributed by atoms with E-state index in [1.807, 2.05) is 12.3 Å². The highest BCUT2D eigenvalue weighted by Crippen LogP contribution is 2.26. The summed E-state index contributed by atoms with van der Waals surface area (Å²) in [6.45, 7) is 3.08. The first-order chi connectivity index (χ1) is 9.38. The van der Waals surface area contributed by atoms with Crippen molar-refractivity contribution in [1.29, 1.82) is 0 Å². The van der Waals surface area contributed by atoms with Gasteiger partial charge in [-0.2, -0.15) is 11.3 Å². The Morgan fingerprint density at radius 2 is 2.16 bits per heavy atom. The average Bonchev–Trinajstić information content (AvgIpc) is 2.98. The van der Waals surface area contributed by atoms with Crippen LogP contribution in [-0.4, -0.2) is 11.5 Å². The van der Waals surface area contributed by atoms with Crippen molar-refractivity contribution in [2.45, 2.75) is 13.0 Å². The molecule has 0 saturated carbocycles. The molecule has 1 atom stereocenters. The Kier molecular flexibility index (Phi) is 3.58. The standard InChI is InChI=1S/C16H16N2S/c1-2-17-16(14-7-9-19-11-14)13-6-5-12-4-3-8-18-15(12)10-13/h3-11,16-17H,2H2,1H3. The van der Waals surface area contributed by atoms with E-state index in [-0.39, 0.29) is 6.04 Å². The quantitative estimate of drug-likeness (QED) is 0.773. The third-order valence-corrected chi connectivity index (χ3v) is 3.95. The summed E-state index contributed by atoms with van der Waals surface area (Å²) in [7, 11) is 0. The second kappa shape index (κ2) is 5.51. The van der Waals surface area contributed by atoms with Gasteiger partial charge in [0.2, 0.25) is 0 Å². The van der Waals surface area contributed by atoms with E-state index >= 15 is 0 Å². The van der Waals surface area contributed by atoms with E-state index in [1.165, 1.54) is 16.5 Å². The van der Waals surface area contributed by atoms with Crippen LogP contribution >= 0.6 is 11.3 Å². The molecule has 3 aromatic rings. The fourth-order valence-corrected chi connectivity index (χ4v) is 3.02. The van der Waals surface area contributed by atoms with Gasteiger partial charge in [-0.25, -0.2) is 0 Å². The summed E-state index contributed by atoms with van der Waals surface area (Å²) in [5.74, 6) is 0. The van der Waals surface area contributed by atoms with Crippen LogP contribution in [0.15, 0.2) is 53.4 Å². The Morgan fingerprint density at radius 3 is 2.95 bits per heavy atom. The van der Waals surface area contributed by atoms with Crippen LogP contribution in [0.4, 0.5) is 0 Å². The number of fused-ring (bicyclic) bond motifs is 1. The summed E-state index contributed by atoms with van der Waals surface area (Å²) in [5.41, 5.74) is 3.65. The maximum atomic E-state index is 4.44. The summed E-state index contributed by atoms with van der Waals surface area (Å²) < 4.78 is 0. The molecule has 0 spiro atoms. The summed E-state index contributed by atoms with van der Waals surface area (Å²) in [6, 6.07) is 13.0. The zero-order valence-electron chi connectivity index (χ0n) is 10.8. The molecule has 1 N–H and O–H groups in total. The minimum absolute atomic E-state index is 0.252. The molecule has 3 rings (SSSR count). The van der Waals surface area contributed by atoms with Crippen LogP contribution in [0, 0.1) is 0 Å². The normalized spacial score (nSPS) is 12.7. The van der Waals surface area contributed by atoms with Gasteiger partial charge in [-0.15, -0.1) is 0 Å². The van der Waals surface area contributed by atoms with Gasteiger partial charge < -0.3 is 5.32 Å². The van der Waals surface area contributed by atoms with E-state index in [0.717, 1.165) is 12.1 Å². The second-order valence-electron chi connectivity index (χ2n) is 4.50. The molecule has 2 nitrogen and oxygen atoms in total. The predicted molar refractivity (Wildman–Crippen MR) is 81.6 cm³/mol. The Hall–Kier alpha value is -1.71. The van der Waals surface area contributed by atoms with Crippen molar-refractivity contribution in [3.63, 3.8) is 0 Å². The molecule has 0 aliphatic rings. The van der Waals surface area contributed by atoms with Crippen LogP contribution in [0.5, 0.6) is 0 Å². The number of thiophene rings is 1. The van der Waals surface area contributed by atoms with Gasteiger partial charge in [-0.1, -0.05) is 25.1 Å². The van der Waals surface area contributed by atoms with Crippen molar-refractivity contribution in [3.8, 4) is 0 Å². The zero-order chi connectivity index (χ0) is 13.1. The number of aromatic nitrogens is 1. The summed E-state index contributed by atoms with van der Waals surface area (Å²) in [6.07, 6.45) is 1.85. The van der Waals surface area contributed by atoms with Crippen LogP contribution in [0.3, 0.4) is 0 Å². The number of benzene rings is 1. The Bertz CT molecular complexity index is 661. The number of hydrogen-bond acceptors (Lipinski definition) is 3. The molecule has 1 unspecified atom stereocenters. The number of nitrogens with one attached hydrogen (secondary N) is 1. The van der Waals surface area contributed by atoms with Crippen LogP contribution in [0.25, 0.3) is 10.9 Å². The van der Waals surface area contributed by atoms with E-state index in [1.54, 1.807) is 11.3 Å². The van der Waals surface area contributed by atoms with Crippen LogP contribution in [0.2, 0.25) is 0 Å². The molecule has 1 aromatic carbocycles. The summed E-state index contributed by atoms with van der Waals surface area (Å²) in [4.78, 5) is 4.44. The van der Waals surface area contributed by atoms with Crippen LogP contribution in [0.1, 0.15) is 24.1 Å². The minimum atomic E-state index is 0.252. The van der Waals surface area contributed by atoms with Crippen molar-refractivity contribution < 1.29 is 0 Å². The number of hydrogen-bond donors (Lipinski definition) is 1. The van der Waals surface area contributed by atoms with Gasteiger partial charge in [-0.05, 0) is 46.6 Å². The van der Waals surface area contributed by atoms with Gasteiger partial charge in [-0.3, -0.25) is 4.98 Å². The van der Waals surface area contributed by atoms with Crippen molar-refractivity contribution in [3.05, 3.63) is 64.5 Å². The third-order valence-electron chi connectivity index (χ3n) is 3.25. The zero-order valence-corrected chi connectivity index (χ0v) is 11.7. The van der Waals surface area contributed by atoms with Crippen molar-refractivity contribution >= 4 is 22.2 Å². The summed E-state index contributed by atoms with van der Waals surface area (Å²) >= 11 is 1.74. The fraction of sp³-hybridized carbons (Fsp3) is 0.188. The van der Waals surface area contributed by atoms with Crippen LogP contribution < -0.4 is 5.32 Å². The molecule has 0 aliphatic heterocycles. The minimum Gasteiger partial charge on any atom is -0.307 e. The van der Waals surface area contributed by atoms with E-state index < -0.39 is 0 Å². The molecule has 0 fully saturated rings. The van der Waals surface area contributed by atoms with Gasteiger partial charge in [0.25, 0.3) is 0 Å².